The Kier molecular flexibility index (Phi) is 7.07. The second-order valence-corrected chi connectivity index (χ2v) is 10.7. The molecule has 0 heterocycles. The lowest BCUT2D eigenvalue weighted by Gasteiger charge is -2.20. The predicted octanol–water partition coefficient (Wildman–Crippen LogP) is 9.77. The molecule has 0 aliphatic heterocycles. The van der Waals surface area contributed by atoms with Gasteiger partial charge in [-0.3, -0.25) is 0 Å². The molecule has 0 aliphatic rings. The van der Waals surface area contributed by atoms with E-state index in [1.54, 1.807) is 0 Å². The highest BCUT2D eigenvalue weighted by Crippen LogP contribution is 2.42. The smallest absolute Gasteiger partial charge is 0.0314 e. The number of hydrogen-bond acceptors (Lipinski definition) is 2. The van der Waals surface area contributed by atoms with Gasteiger partial charge in [0.25, 0.3) is 0 Å². The van der Waals surface area contributed by atoms with Crippen molar-refractivity contribution < 1.29 is 0 Å². The molecule has 4 N–H and O–H groups in total. The van der Waals surface area contributed by atoms with Crippen molar-refractivity contribution >= 4 is 11.4 Å². The Hall–Kier alpha value is -4.30. The molecule has 0 aliphatic carbocycles. The van der Waals surface area contributed by atoms with Crippen molar-refractivity contribution in [3.63, 3.8) is 0 Å². The largest absolute Gasteiger partial charge is 0.399 e. The molecule has 0 aromatic heterocycles. The van der Waals surface area contributed by atoms with Crippen LogP contribution >= 0.6 is 0 Å². The van der Waals surface area contributed by atoms with Gasteiger partial charge in [-0.25, -0.2) is 0 Å². The molecule has 5 aromatic rings. The fourth-order valence-corrected chi connectivity index (χ4v) is 5.38. The predicted molar refractivity (Wildman–Crippen MR) is 165 cm³/mol. The fourth-order valence-electron chi connectivity index (χ4n) is 5.38. The Balaban J connectivity index is 1.72. The summed E-state index contributed by atoms with van der Waals surface area (Å²) in [7, 11) is 0. The number of nitrogen functional groups attached to an aromatic ring is 2. The maximum absolute atomic E-state index is 6.03. The summed E-state index contributed by atoms with van der Waals surface area (Å²) in [6.45, 7) is 9.03. The van der Waals surface area contributed by atoms with Crippen molar-refractivity contribution in [1.29, 1.82) is 0 Å². The number of nitrogens with two attached hydrogens (primary N) is 2. The van der Waals surface area contributed by atoms with Crippen LogP contribution in [0.15, 0.2) is 109 Å². The van der Waals surface area contributed by atoms with E-state index in [0.29, 0.717) is 11.8 Å². The Labute approximate surface area is 227 Å². The van der Waals surface area contributed by atoms with E-state index >= 15 is 0 Å². The van der Waals surface area contributed by atoms with Crippen LogP contribution < -0.4 is 11.5 Å². The zero-order chi connectivity index (χ0) is 26.8. The van der Waals surface area contributed by atoms with Crippen molar-refractivity contribution in [3.05, 3.63) is 120 Å². The van der Waals surface area contributed by atoms with Gasteiger partial charge in [0.15, 0.2) is 0 Å². The van der Waals surface area contributed by atoms with Crippen LogP contribution in [0.5, 0.6) is 0 Å². The molecule has 0 amide bonds. The average molecular weight is 497 g/mol. The molecule has 0 saturated heterocycles. The summed E-state index contributed by atoms with van der Waals surface area (Å²) in [5.41, 5.74) is 26.1. The molecule has 0 fully saturated rings. The highest BCUT2D eigenvalue weighted by Gasteiger charge is 2.18. The zero-order valence-electron chi connectivity index (χ0n) is 22.7. The average Bonchev–Trinajstić information content (AvgIpc) is 2.93. The molecule has 5 rings (SSSR count). The summed E-state index contributed by atoms with van der Waals surface area (Å²) >= 11 is 0. The first-order chi connectivity index (χ1) is 18.3. The SMILES string of the molecule is CC(C)c1cccc(-c2cccc(-c3cccc(C(C)C)c3-c3ccc(N)cc3)c2)c1-c1ccc(N)cc1. The highest BCUT2D eigenvalue weighted by molar-refractivity contribution is 5.91. The molecule has 0 unspecified atom stereocenters. The summed E-state index contributed by atoms with van der Waals surface area (Å²) in [5, 5.41) is 0. The molecule has 0 saturated carbocycles. The lowest BCUT2D eigenvalue weighted by atomic mass is 9.84. The first kappa shape index (κ1) is 25.4. The molecule has 0 bridgehead atoms. The monoisotopic (exact) mass is 496 g/mol. The number of anilines is 2. The van der Waals surface area contributed by atoms with Gasteiger partial charge in [0, 0.05) is 11.4 Å². The molecule has 2 heteroatoms. The van der Waals surface area contributed by atoms with Gasteiger partial charge in [0.05, 0.1) is 0 Å². The van der Waals surface area contributed by atoms with Crippen molar-refractivity contribution in [2.45, 2.75) is 39.5 Å². The van der Waals surface area contributed by atoms with E-state index in [2.05, 4.69) is 113 Å². The standard InChI is InChI=1S/C36H36N2/c1-23(2)31-10-6-12-33(35(31)25-14-18-29(37)19-15-25)27-8-5-9-28(22-27)34-13-7-11-32(24(3)4)36(34)26-16-20-30(38)21-17-26/h5-24H,37-38H2,1-4H3. The van der Waals surface area contributed by atoms with E-state index in [-0.39, 0.29) is 0 Å². The van der Waals surface area contributed by atoms with Crippen molar-refractivity contribution in [2.24, 2.45) is 0 Å². The molecule has 0 atom stereocenters. The van der Waals surface area contributed by atoms with Crippen LogP contribution in [0.25, 0.3) is 44.5 Å². The molecule has 190 valence electrons. The van der Waals surface area contributed by atoms with Crippen molar-refractivity contribution in [1.82, 2.24) is 0 Å². The summed E-state index contributed by atoms with van der Waals surface area (Å²) < 4.78 is 0. The topological polar surface area (TPSA) is 52.0 Å². The van der Waals surface area contributed by atoms with E-state index in [9.17, 15) is 0 Å². The Morgan fingerprint density at radius 2 is 0.789 bits per heavy atom. The lowest BCUT2D eigenvalue weighted by Crippen LogP contribution is -1.97. The molecule has 2 nitrogen and oxygen atoms in total. The van der Waals surface area contributed by atoms with Crippen molar-refractivity contribution in [3.8, 4) is 44.5 Å². The van der Waals surface area contributed by atoms with Crippen LogP contribution in [-0.4, -0.2) is 0 Å². The van der Waals surface area contributed by atoms with Crippen LogP contribution in [0.4, 0.5) is 11.4 Å². The van der Waals surface area contributed by atoms with Gasteiger partial charge < -0.3 is 11.5 Å². The first-order valence-corrected chi connectivity index (χ1v) is 13.4. The van der Waals surface area contributed by atoms with E-state index in [1.807, 2.05) is 24.3 Å². The molecule has 5 aromatic carbocycles. The van der Waals surface area contributed by atoms with Gasteiger partial charge in [-0.2, -0.15) is 0 Å². The van der Waals surface area contributed by atoms with Crippen LogP contribution in [0, 0.1) is 0 Å². The highest BCUT2D eigenvalue weighted by atomic mass is 14.5. The van der Waals surface area contributed by atoms with E-state index in [0.717, 1.165) is 11.4 Å². The van der Waals surface area contributed by atoms with Gasteiger partial charge in [0.2, 0.25) is 0 Å². The maximum atomic E-state index is 6.03. The van der Waals surface area contributed by atoms with Gasteiger partial charge in [-0.15, -0.1) is 0 Å². The quantitative estimate of drug-likeness (QED) is 0.230. The summed E-state index contributed by atoms with van der Waals surface area (Å²) in [6.07, 6.45) is 0. The minimum atomic E-state index is 0.394. The molecule has 0 spiro atoms. The summed E-state index contributed by atoms with van der Waals surface area (Å²) in [5.74, 6) is 0.788. The van der Waals surface area contributed by atoms with Gasteiger partial charge in [0.1, 0.15) is 0 Å². The number of benzene rings is 5. The lowest BCUT2D eigenvalue weighted by molar-refractivity contribution is 0.869. The second-order valence-electron chi connectivity index (χ2n) is 10.7. The molecule has 0 radical (unpaired) electrons. The molecule has 38 heavy (non-hydrogen) atoms. The third kappa shape index (κ3) is 4.95. The summed E-state index contributed by atoms with van der Waals surface area (Å²) in [6, 6.07) is 38.8. The van der Waals surface area contributed by atoms with E-state index < -0.39 is 0 Å². The normalized spacial score (nSPS) is 11.3. The van der Waals surface area contributed by atoms with E-state index in [1.165, 1.54) is 55.6 Å². The Bertz CT molecular complexity index is 1440. The third-order valence-electron chi connectivity index (χ3n) is 7.32. The minimum Gasteiger partial charge on any atom is -0.399 e. The molecular weight excluding hydrogens is 460 g/mol. The van der Waals surface area contributed by atoms with Crippen LogP contribution in [0.3, 0.4) is 0 Å². The van der Waals surface area contributed by atoms with Crippen molar-refractivity contribution in [2.75, 3.05) is 11.5 Å². The van der Waals surface area contributed by atoms with E-state index in [4.69, 9.17) is 11.5 Å². The third-order valence-corrected chi connectivity index (χ3v) is 7.32. The number of hydrogen-bond donors (Lipinski definition) is 2. The first-order valence-electron chi connectivity index (χ1n) is 13.4. The zero-order valence-corrected chi connectivity index (χ0v) is 22.7. The van der Waals surface area contributed by atoms with Crippen LogP contribution in [0.1, 0.15) is 50.7 Å². The van der Waals surface area contributed by atoms with Crippen LogP contribution in [0.2, 0.25) is 0 Å². The second kappa shape index (κ2) is 10.6. The Morgan fingerprint density at radius 1 is 0.421 bits per heavy atom. The van der Waals surface area contributed by atoms with Gasteiger partial charge >= 0.3 is 0 Å². The Morgan fingerprint density at radius 3 is 1.16 bits per heavy atom. The maximum Gasteiger partial charge on any atom is 0.0314 e. The number of rotatable bonds is 6. The minimum absolute atomic E-state index is 0.394. The van der Waals surface area contributed by atoms with Crippen LogP contribution in [-0.2, 0) is 0 Å². The van der Waals surface area contributed by atoms with Gasteiger partial charge in [-0.05, 0) is 97.8 Å². The van der Waals surface area contributed by atoms with Gasteiger partial charge in [-0.1, -0.05) is 107 Å². The fraction of sp³-hybridized carbons (Fsp3) is 0.167. The summed E-state index contributed by atoms with van der Waals surface area (Å²) in [4.78, 5) is 0. The molecular formula is C36H36N2.